The molecule has 3 aromatic rings. The van der Waals surface area contributed by atoms with Crippen LogP contribution in [-0.4, -0.2) is 16.5 Å². The van der Waals surface area contributed by atoms with Crippen LogP contribution in [0.2, 0.25) is 0 Å². The molecule has 3 rings (SSSR count). The van der Waals surface area contributed by atoms with Gasteiger partial charge >= 0.3 is 0 Å². The Labute approximate surface area is 133 Å². The lowest BCUT2D eigenvalue weighted by Gasteiger charge is -2.08. The Bertz CT molecular complexity index is 722. The Morgan fingerprint density at radius 2 is 2.15 bits per heavy atom. The molecule has 0 bridgehead atoms. The number of nitrogens with one attached hydrogen (secondary N) is 2. The van der Waals surface area contributed by atoms with E-state index in [0.717, 1.165) is 33.6 Å². The number of fused-ring (bicyclic) bond motifs is 1. The number of aromatic nitrogens is 2. The van der Waals surface area contributed by atoms with Gasteiger partial charge in [-0.2, -0.15) is 4.98 Å². The number of hydrogen-bond donors (Lipinski definition) is 2. The van der Waals surface area contributed by atoms with Gasteiger partial charge in [0.15, 0.2) is 0 Å². The minimum absolute atomic E-state index is 0.678. The van der Waals surface area contributed by atoms with E-state index in [0.29, 0.717) is 5.95 Å². The molecule has 0 spiro atoms. The number of nitrogens with zero attached hydrogens (tertiary/aromatic N) is 2. The van der Waals surface area contributed by atoms with E-state index in [-0.39, 0.29) is 0 Å². The fourth-order valence-corrected chi connectivity index (χ4v) is 4.00. The van der Waals surface area contributed by atoms with Crippen molar-refractivity contribution in [2.24, 2.45) is 0 Å². The first-order valence-corrected chi connectivity index (χ1v) is 8.77. The smallest absolute Gasteiger partial charge is 0.226 e. The molecule has 0 fully saturated rings. The number of hydrogen-bond acceptors (Lipinski definition) is 6. The molecule has 3 heterocycles. The summed E-state index contributed by atoms with van der Waals surface area (Å²) in [6.07, 6.45) is 0. The SMILES string of the molecule is CCNc1nc(NCc2cc(Br)cs2)c2ccsc2n1. The summed E-state index contributed by atoms with van der Waals surface area (Å²) in [5.41, 5.74) is 0. The highest BCUT2D eigenvalue weighted by molar-refractivity contribution is 9.10. The summed E-state index contributed by atoms with van der Waals surface area (Å²) in [4.78, 5) is 11.3. The van der Waals surface area contributed by atoms with Gasteiger partial charge in [-0.05, 0) is 40.4 Å². The number of thiophene rings is 2. The van der Waals surface area contributed by atoms with E-state index in [4.69, 9.17) is 0 Å². The van der Waals surface area contributed by atoms with Gasteiger partial charge in [0.1, 0.15) is 10.6 Å². The van der Waals surface area contributed by atoms with Crippen molar-refractivity contribution in [2.75, 3.05) is 17.2 Å². The predicted octanol–water partition coefficient (Wildman–Crippen LogP) is 4.56. The van der Waals surface area contributed by atoms with Gasteiger partial charge in [0, 0.05) is 21.3 Å². The molecule has 0 saturated heterocycles. The molecule has 20 heavy (non-hydrogen) atoms. The van der Waals surface area contributed by atoms with E-state index in [1.54, 1.807) is 22.7 Å². The standard InChI is InChI=1S/C13H13BrN4S2/c1-2-15-13-17-11(10-3-4-19-12(10)18-13)16-6-9-5-8(14)7-20-9/h3-5,7H,2,6H2,1H3,(H2,15,16,17,18). The van der Waals surface area contributed by atoms with E-state index >= 15 is 0 Å². The molecule has 0 unspecified atom stereocenters. The first kappa shape index (κ1) is 13.8. The summed E-state index contributed by atoms with van der Waals surface area (Å²) in [6.45, 7) is 3.62. The zero-order chi connectivity index (χ0) is 13.9. The van der Waals surface area contributed by atoms with Crippen LogP contribution in [0.1, 0.15) is 11.8 Å². The molecule has 0 aliphatic carbocycles. The van der Waals surface area contributed by atoms with Gasteiger partial charge in [0.2, 0.25) is 5.95 Å². The van der Waals surface area contributed by atoms with E-state index < -0.39 is 0 Å². The highest BCUT2D eigenvalue weighted by Gasteiger charge is 2.08. The van der Waals surface area contributed by atoms with Crippen molar-refractivity contribution in [3.05, 3.63) is 32.2 Å². The zero-order valence-corrected chi connectivity index (χ0v) is 14.0. The normalized spacial score (nSPS) is 10.9. The average molecular weight is 369 g/mol. The van der Waals surface area contributed by atoms with Crippen LogP contribution in [0.5, 0.6) is 0 Å². The third-order valence-corrected chi connectivity index (χ3v) is 5.22. The molecule has 4 nitrogen and oxygen atoms in total. The fourth-order valence-electron chi connectivity index (χ4n) is 1.84. The number of rotatable bonds is 5. The first-order valence-electron chi connectivity index (χ1n) is 6.22. The van der Waals surface area contributed by atoms with Gasteiger partial charge in [-0.3, -0.25) is 0 Å². The molecule has 0 aliphatic rings. The van der Waals surface area contributed by atoms with Crippen molar-refractivity contribution in [1.82, 2.24) is 9.97 Å². The Kier molecular flexibility index (Phi) is 4.18. The van der Waals surface area contributed by atoms with Crippen LogP contribution in [0.3, 0.4) is 0 Å². The Morgan fingerprint density at radius 3 is 2.90 bits per heavy atom. The molecule has 0 aliphatic heterocycles. The maximum Gasteiger partial charge on any atom is 0.226 e. The van der Waals surface area contributed by atoms with E-state index in [9.17, 15) is 0 Å². The van der Waals surface area contributed by atoms with Crippen LogP contribution in [0.4, 0.5) is 11.8 Å². The lowest BCUT2D eigenvalue weighted by Crippen LogP contribution is -2.06. The van der Waals surface area contributed by atoms with Gasteiger partial charge in [0.25, 0.3) is 0 Å². The summed E-state index contributed by atoms with van der Waals surface area (Å²) in [6, 6.07) is 4.18. The van der Waals surface area contributed by atoms with Crippen molar-refractivity contribution in [3.8, 4) is 0 Å². The van der Waals surface area contributed by atoms with Gasteiger partial charge in [0.05, 0.1) is 11.9 Å². The van der Waals surface area contributed by atoms with E-state index in [2.05, 4.69) is 54.0 Å². The van der Waals surface area contributed by atoms with Crippen LogP contribution in [0.15, 0.2) is 27.4 Å². The van der Waals surface area contributed by atoms with Crippen molar-refractivity contribution in [1.29, 1.82) is 0 Å². The summed E-state index contributed by atoms with van der Waals surface area (Å²) < 4.78 is 1.12. The molecule has 0 saturated carbocycles. The van der Waals surface area contributed by atoms with Crippen LogP contribution in [0.25, 0.3) is 10.2 Å². The molecule has 0 atom stereocenters. The molecule has 0 aromatic carbocycles. The van der Waals surface area contributed by atoms with Crippen molar-refractivity contribution in [3.63, 3.8) is 0 Å². The topological polar surface area (TPSA) is 49.8 Å². The van der Waals surface area contributed by atoms with Crippen LogP contribution >= 0.6 is 38.6 Å². The maximum atomic E-state index is 4.55. The second-order valence-corrected chi connectivity index (χ2v) is 6.96. The maximum absolute atomic E-state index is 4.55. The third-order valence-electron chi connectivity index (χ3n) is 2.71. The molecular weight excluding hydrogens is 356 g/mol. The average Bonchev–Trinajstić information content (AvgIpc) is 3.05. The van der Waals surface area contributed by atoms with Gasteiger partial charge < -0.3 is 10.6 Å². The lowest BCUT2D eigenvalue weighted by atomic mass is 10.3. The second-order valence-electron chi connectivity index (χ2n) is 4.15. The minimum atomic E-state index is 0.678. The molecule has 3 aromatic heterocycles. The predicted molar refractivity (Wildman–Crippen MR) is 90.9 cm³/mol. The van der Waals surface area contributed by atoms with Crippen LogP contribution in [-0.2, 0) is 6.54 Å². The summed E-state index contributed by atoms with van der Waals surface area (Å²) in [7, 11) is 0. The zero-order valence-electron chi connectivity index (χ0n) is 10.8. The highest BCUT2D eigenvalue weighted by Crippen LogP contribution is 2.27. The summed E-state index contributed by atoms with van der Waals surface area (Å²) in [5.74, 6) is 1.56. The first-order chi connectivity index (χ1) is 9.76. The molecule has 7 heteroatoms. The molecule has 0 radical (unpaired) electrons. The third kappa shape index (κ3) is 2.94. The summed E-state index contributed by atoms with van der Waals surface area (Å²) in [5, 5.41) is 11.8. The largest absolute Gasteiger partial charge is 0.364 e. The van der Waals surface area contributed by atoms with E-state index in [1.165, 1.54) is 4.88 Å². The summed E-state index contributed by atoms with van der Waals surface area (Å²) >= 11 is 6.83. The van der Waals surface area contributed by atoms with Crippen molar-refractivity contribution in [2.45, 2.75) is 13.5 Å². The Morgan fingerprint density at radius 1 is 1.25 bits per heavy atom. The Balaban J connectivity index is 1.87. The lowest BCUT2D eigenvalue weighted by molar-refractivity contribution is 1.09. The molecular formula is C13H13BrN4S2. The van der Waals surface area contributed by atoms with Crippen LogP contribution < -0.4 is 10.6 Å². The minimum Gasteiger partial charge on any atom is -0.364 e. The molecule has 2 N–H and O–H groups in total. The highest BCUT2D eigenvalue weighted by atomic mass is 79.9. The van der Waals surface area contributed by atoms with E-state index in [1.807, 2.05) is 12.3 Å². The fraction of sp³-hybridized carbons (Fsp3) is 0.231. The van der Waals surface area contributed by atoms with Crippen molar-refractivity contribution < 1.29 is 0 Å². The number of halogens is 1. The quantitative estimate of drug-likeness (QED) is 0.692. The van der Waals surface area contributed by atoms with Gasteiger partial charge in [-0.15, -0.1) is 22.7 Å². The molecule has 0 amide bonds. The monoisotopic (exact) mass is 368 g/mol. The number of anilines is 2. The van der Waals surface area contributed by atoms with Gasteiger partial charge in [-0.1, -0.05) is 0 Å². The second kappa shape index (κ2) is 6.07. The van der Waals surface area contributed by atoms with Crippen molar-refractivity contribution >= 4 is 60.6 Å². The Hall–Kier alpha value is -1.18. The van der Waals surface area contributed by atoms with Gasteiger partial charge in [-0.25, -0.2) is 4.98 Å². The molecule has 104 valence electrons. The van der Waals surface area contributed by atoms with Crippen LogP contribution in [0, 0.1) is 0 Å².